The summed E-state index contributed by atoms with van der Waals surface area (Å²) >= 11 is 1.23. The van der Waals surface area contributed by atoms with E-state index in [1.54, 1.807) is 42.7 Å². The van der Waals surface area contributed by atoms with Gasteiger partial charge in [-0.25, -0.2) is 9.78 Å². The van der Waals surface area contributed by atoms with Crippen LogP contribution < -0.4 is 15.1 Å². The Balaban J connectivity index is 1.30. The van der Waals surface area contributed by atoms with E-state index in [0.717, 1.165) is 36.3 Å². The lowest BCUT2D eigenvalue weighted by atomic mass is 10.1. The highest BCUT2D eigenvalue weighted by Crippen LogP contribution is 2.45. The number of carbonyl (C=O) groups excluding carboxylic acids is 1. The minimum absolute atomic E-state index is 0.207. The molecule has 1 saturated heterocycles. The maximum Gasteiger partial charge on any atom is 0.416 e. The summed E-state index contributed by atoms with van der Waals surface area (Å²) in [7, 11) is 0. The summed E-state index contributed by atoms with van der Waals surface area (Å²) in [5.74, 6) is 0.402. The summed E-state index contributed by atoms with van der Waals surface area (Å²) in [6.45, 7) is 0.761. The van der Waals surface area contributed by atoms with E-state index in [-0.39, 0.29) is 6.17 Å². The summed E-state index contributed by atoms with van der Waals surface area (Å²) in [5.41, 5.74) is 1.52. The normalized spacial score (nSPS) is 16.5. The predicted molar refractivity (Wildman–Crippen MR) is 125 cm³/mol. The second-order valence-electron chi connectivity index (χ2n) is 8.03. The first-order valence-electron chi connectivity index (χ1n) is 10.7. The molecule has 0 aliphatic carbocycles. The number of nitrogens with one attached hydrogen (secondary N) is 1. The molecule has 8 nitrogen and oxygen atoms in total. The third kappa shape index (κ3) is 3.75. The standard InChI is InChI=1S/C23H16F3N7OS/c24-23(25,26)15-3-1-2-14(12-15)16-4-5-17-19(28-16)33(18-8-11-32(17)18)22(34)29-21-31-30-20(35-21)13-6-9-27-10-7-13/h1-7,9-10,12,18H,8,11H2,(H,29,31,34). The van der Waals surface area contributed by atoms with Gasteiger partial charge in [-0.3, -0.25) is 15.2 Å². The molecule has 6 rings (SSSR count). The van der Waals surface area contributed by atoms with Crippen LogP contribution in [0.25, 0.3) is 21.8 Å². The van der Waals surface area contributed by atoms with Crippen LogP contribution in [0.3, 0.4) is 0 Å². The van der Waals surface area contributed by atoms with Crippen LogP contribution in [0.15, 0.2) is 60.9 Å². The van der Waals surface area contributed by atoms with Crippen molar-refractivity contribution in [3.05, 3.63) is 66.5 Å². The van der Waals surface area contributed by atoms with E-state index in [1.807, 2.05) is 4.90 Å². The molecular weight excluding hydrogens is 479 g/mol. The van der Waals surface area contributed by atoms with Gasteiger partial charge in [0, 0.05) is 36.5 Å². The van der Waals surface area contributed by atoms with Gasteiger partial charge < -0.3 is 4.90 Å². The smallest absolute Gasteiger partial charge is 0.347 e. The Bertz CT molecular complexity index is 1430. The molecule has 3 aromatic heterocycles. The minimum Gasteiger partial charge on any atom is -0.347 e. The highest BCUT2D eigenvalue weighted by Gasteiger charge is 2.46. The summed E-state index contributed by atoms with van der Waals surface area (Å²) < 4.78 is 39.6. The van der Waals surface area contributed by atoms with Crippen molar-refractivity contribution in [3.63, 3.8) is 0 Å². The molecule has 1 aromatic carbocycles. The van der Waals surface area contributed by atoms with E-state index in [2.05, 4.69) is 25.5 Å². The number of carbonyl (C=O) groups is 1. The van der Waals surface area contributed by atoms with Crippen LogP contribution in [0.1, 0.15) is 12.0 Å². The molecule has 1 unspecified atom stereocenters. The molecule has 1 atom stereocenters. The minimum atomic E-state index is -4.46. The molecule has 0 radical (unpaired) electrons. The zero-order valence-corrected chi connectivity index (χ0v) is 18.7. The van der Waals surface area contributed by atoms with E-state index < -0.39 is 17.8 Å². The Hall–Kier alpha value is -4.06. The highest BCUT2D eigenvalue weighted by molar-refractivity contribution is 7.18. The van der Waals surface area contributed by atoms with Crippen LogP contribution >= 0.6 is 11.3 Å². The number of rotatable bonds is 3. The summed E-state index contributed by atoms with van der Waals surface area (Å²) in [4.78, 5) is 25.4. The van der Waals surface area contributed by atoms with Crippen LogP contribution in [-0.2, 0) is 6.18 Å². The van der Waals surface area contributed by atoms with Crippen LogP contribution in [0.5, 0.6) is 0 Å². The topological polar surface area (TPSA) is 87.1 Å². The zero-order valence-electron chi connectivity index (χ0n) is 17.9. The average molecular weight is 495 g/mol. The first kappa shape index (κ1) is 21.5. The molecule has 1 N–H and O–H groups in total. The quantitative estimate of drug-likeness (QED) is 0.417. The van der Waals surface area contributed by atoms with Gasteiger partial charge in [-0.2, -0.15) is 13.2 Å². The number of amides is 2. The first-order chi connectivity index (χ1) is 16.9. The van der Waals surface area contributed by atoms with Crippen molar-refractivity contribution in [3.8, 4) is 21.8 Å². The SMILES string of the molecule is O=C(Nc1nnc(-c2ccncc2)s1)N1c2nc(-c3cccc(C(F)(F)F)c3)ccc2N2CCC21. The lowest BCUT2D eigenvalue weighted by Crippen LogP contribution is -2.56. The van der Waals surface area contributed by atoms with Gasteiger partial charge in [0.2, 0.25) is 5.13 Å². The van der Waals surface area contributed by atoms with E-state index in [0.29, 0.717) is 27.2 Å². The maximum atomic E-state index is 13.3. The van der Waals surface area contributed by atoms with Gasteiger partial charge >= 0.3 is 12.2 Å². The molecule has 2 amide bonds. The third-order valence-electron chi connectivity index (χ3n) is 5.95. The van der Waals surface area contributed by atoms with Crippen molar-refractivity contribution in [1.82, 2.24) is 20.2 Å². The first-order valence-corrected chi connectivity index (χ1v) is 11.5. The highest BCUT2D eigenvalue weighted by atomic mass is 32.1. The van der Waals surface area contributed by atoms with Gasteiger partial charge in [0.15, 0.2) is 5.82 Å². The van der Waals surface area contributed by atoms with E-state index >= 15 is 0 Å². The third-order valence-corrected chi connectivity index (χ3v) is 6.84. The molecule has 0 saturated carbocycles. The number of nitrogens with zero attached hydrogens (tertiary/aromatic N) is 6. The molecule has 176 valence electrons. The number of benzene rings is 1. The number of alkyl halides is 3. The van der Waals surface area contributed by atoms with Crippen molar-refractivity contribution in [2.75, 3.05) is 21.7 Å². The average Bonchev–Trinajstić information content (AvgIpc) is 3.38. The molecule has 0 bridgehead atoms. The number of halogens is 3. The van der Waals surface area contributed by atoms with Gasteiger partial charge in [-0.1, -0.05) is 23.5 Å². The number of hydrogen-bond acceptors (Lipinski definition) is 7. The number of pyridine rings is 2. The monoisotopic (exact) mass is 495 g/mol. The lowest BCUT2D eigenvalue weighted by Gasteiger charge is -2.39. The lowest BCUT2D eigenvalue weighted by molar-refractivity contribution is -0.137. The van der Waals surface area contributed by atoms with Crippen molar-refractivity contribution >= 4 is 34.0 Å². The van der Waals surface area contributed by atoms with Crippen molar-refractivity contribution in [2.45, 2.75) is 18.8 Å². The molecule has 12 heteroatoms. The van der Waals surface area contributed by atoms with Gasteiger partial charge in [0.05, 0.1) is 16.9 Å². The Morgan fingerprint density at radius 1 is 1.06 bits per heavy atom. The Morgan fingerprint density at radius 3 is 2.63 bits per heavy atom. The zero-order chi connectivity index (χ0) is 24.2. The van der Waals surface area contributed by atoms with Crippen LogP contribution in [0.4, 0.5) is 34.6 Å². The summed E-state index contributed by atoms with van der Waals surface area (Å²) in [5, 5.41) is 12.0. The summed E-state index contributed by atoms with van der Waals surface area (Å²) in [6.07, 6.45) is -0.618. The van der Waals surface area contributed by atoms with Gasteiger partial charge in [0.1, 0.15) is 11.2 Å². The number of aromatic nitrogens is 4. The maximum absolute atomic E-state index is 13.3. The molecule has 4 aromatic rings. The molecule has 2 aliphatic heterocycles. The van der Waals surface area contributed by atoms with E-state index in [9.17, 15) is 18.0 Å². The number of urea groups is 1. The van der Waals surface area contributed by atoms with Crippen molar-refractivity contribution < 1.29 is 18.0 Å². The van der Waals surface area contributed by atoms with Gasteiger partial charge in [-0.15, -0.1) is 10.2 Å². The predicted octanol–water partition coefficient (Wildman–Crippen LogP) is 5.27. The summed E-state index contributed by atoms with van der Waals surface area (Å²) in [6, 6.07) is 11.6. The molecule has 5 heterocycles. The Kier molecular flexibility index (Phi) is 4.92. The van der Waals surface area contributed by atoms with Gasteiger partial charge in [0.25, 0.3) is 0 Å². The second kappa shape index (κ2) is 8.01. The number of hydrogen-bond donors (Lipinski definition) is 1. The Labute approximate surface area is 201 Å². The van der Waals surface area contributed by atoms with Crippen molar-refractivity contribution in [2.24, 2.45) is 0 Å². The number of fused-ring (bicyclic) bond motifs is 3. The van der Waals surface area contributed by atoms with Crippen LogP contribution in [0.2, 0.25) is 0 Å². The molecular formula is C23H16F3N7OS. The molecule has 0 spiro atoms. The van der Waals surface area contributed by atoms with E-state index in [4.69, 9.17) is 0 Å². The van der Waals surface area contributed by atoms with Crippen LogP contribution in [-0.4, -0.2) is 38.9 Å². The van der Waals surface area contributed by atoms with E-state index in [1.165, 1.54) is 22.3 Å². The fraction of sp³-hybridized carbons (Fsp3) is 0.174. The fourth-order valence-corrected chi connectivity index (χ4v) is 4.93. The Morgan fingerprint density at radius 2 is 1.89 bits per heavy atom. The largest absolute Gasteiger partial charge is 0.416 e. The van der Waals surface area contributed by atoms with Gasteiger partial charge in [-0.05, 0) is 36.4 Å². The van der Waals surface area contributed by atoms with Crippen molar-refractivity contribution in [1.29, 1.82) is 0 Å². The fourth-order valence-electron chi connectivity index (χ4n) is 4.19. The van der Waals surface area contributed by atoms with Crippen LogP contribution in [0, 0.1) is 0 Å². The molecule has 2 aliphatic rings. The molecule has 1 fully saturated rings. The molecule has 35 heavy (non-hydrogen) atoms. The second-order valence-corrected chi connectivity index (χ2v) is 9.01. The number of anilines is 3.